The second kappa shape index (κ2) is 17.2. The zero-order chi connectivity index (χ0) is 41.1. The summed E-state index contributed by atoms with van der Waals surface area (Å²) in [6.45, 7) is 10.7. The Bertz CT molecular complexity index is 2310. The second-order valence-electron chi connectivity index (χ2n) is 16.5. The molecule has 2 aliphatic heterocycles. The SMILES string of the molecule is CC1(C)CCC(CN2CCN(c3ccc(C(=O)NSc4ccc(NCC5CCOC5)c(N)c4)c(Oc4cnc5[nH]ccc5c4)c3)CC2)=C(c2ccc(C(F)(F)F)cc2)C1. The van der Waals surface area contributed by atoms with Gasteiger partial charge in [-0.3, -0.25) is 14.4 Å². The molecule has 1 unspecified atom stereocenters. The van der Waals surface area contributed by atoms with Crippen molar-refractivity contribution in [1.29, 1.82) is 0 Å². The number of halogens is 3. The van der Waals surface area contributed by atoms with Crippen molar-refractivity contribution in [2.24, 2.45) is 11.3 Å². The minimum atomic E-state index is -4.36. The van der Waals surface area contributed by atoms with E-state index in [4.69, 9.17) is 15.2 Å². The first-order chi connectivity index (χ1) is 28.4. The minimum Gasteiger partial charge on any atom is -0.455 e. The van der Waals surface area contributed by atoms with Crippen molar-refractivity contribution in [3.05, 3.63) is 107 Å². The van der Waals surface area contributed by atoms with Crippen molar-refractivity contribution >= 4 is 51.5 Å². The molecule has 8 rings (SSSR count). The van der Waals surface area contributed by atoms with Crippen molar-refractivity contribution in [2.75, 3.05) is 68.4 Å². The number of rotatable bonds is 12. The van der Waals surface area contributed by atoms with E-state index in [0.29, 0.717) is 28.7 Å². The summed E-state index contributed by atoms with van der Waals surface area (Å²) in [6.07, 6.45) is 2.91. The summed E-state index contributed by atoms with van der Waals surface area (Å²) in [5.74, 6) is 1.07. The molecule has 2 aromatic heterocycles. The fourth-order valence-corrected chi connectivity index (χ4v) is 8.76. The van der Waals surface area contributed by atoms with Crippen molar-refractivity contribution in [2.45, 2.75) is 50.6 Å². The highest BCUT2D eigenvalue weighted by atomic mass is 32.2. The van der Waals surface area contributed by atoms with Crippen LogP contribution in [0.3, 0.4) is 0 Å². The molecule has 10 nitrogen and oxygen atoms in total. The van der Waals surface area contributed by atoms with Crippen LogP contribution in [-0.4, -0.2) is 73.3 Å². The van der Waals surface area contributed by atoms with E-state index in [0.717, 1.165) is 111 Å². The van der Waals surface area contributed by atoms with Gasteiger partial charge in [-0.25, -0.2) is 4.98 Å². The predicted octanol–water partition coefficient (Wildman–Crippen LogP) is 9.63. The van der Waals surface area contributed by atoms with Gasteiger partial charge in [-0.2, -0.15) is 13.2 Å². The third kappa shape index (κ3) is 9.83. The number of ether oxygens (including phenoxy) is 2. The number of alkyl halides is 3. The van der Waals surface area contributed by atoms with Gasteiger partial charge in [-0.15, -0.1) is 0 Å². The lowest BCUT2D eigenvalue weighted by atomic mass is 9.72. The molecule has 1 aliphatic carbocycles. The number of fused-ring (bicyclic) bond motifs is 1. The fourth-order valence-electron chi connectivity index (χ4n) is 8.11. The number of hydrogen-bond acceptors (Lipinski definition) is 9. The molecule has 5 N–H and O–H groups in total. The molecule has 1 amide bonds. The van der Waals surface area contributed by atoms with E-state index in [1.807, 2.05) is 48.7 Å². The number of nitrogens with one attached hydrogen (secondary N) is 3. The maximum absolute atomic E-state index is 13.8. The number of allylic oxidation sites excluding steroid dienone is 1. The number of anilines is 3. The monoisotopic (exact) mass is 825 g/mol. The van der Waals surface area contributed by atoms with Crippen LogP contribution in [0.5, 0.6) is 11.5 Å². The zero-order valence-electron chi connectivity index (χ0n) is 33.3. The molecule has 310 valence electrons. The van der Waals surface area contributed by atoms with E-state index in [1.165, 1.54) is 35.2 Å². The van der Waals surface area contributed by atoms with Gasteiger partial charge >= 0.3 is 6.18 Å². The molecule has 5 aromatic rings. The Hall–Kier alpha value is -5.18. The Morgan fingerprint density at radius 2 is 1.86 bits per heavy atom. The van der Waals surface area contributed by atoms with Gasteiger partial charge < -0.3 is 30.4 Å². The molecule has 1 atom stereocenters. The van der Waals surface area contributed by atoms with Crippen molar-refractivity contribution in [3.63, 3.8) is 0 Å². The van der Waals surface area contributed by atoms with Gasteiger partial charge in [0, 0.05) is 80.0 Å². The highest BCUT2D eigenvalue weighted by Gasteiger charge is 2.32. The molecular weight excluding hydrogens is 776 g/mol. The number of pyridine rings is 1. The minimum absolute atomic E-state index is 0.0765. The summed E-state index contributed by atoms with van der Waals surface area (Å²) in [5, 5.41) is 4.31. The Balaban J connectivity index is 0.957. The normalized spacial score (nSPS) is 18.7. The van der Waals surface area contributed by atoms with E-state index in [9.17, 15) is 18.0 Å². The van der Waals surface area contributed by atoms with Crippen LogP contribution in [0.2, 0.25) is 0 Å². The van der Waals surface area contributed by atoms with E-state index in [1.54, 1.807) is 24.4 Å². The predicted molar refractivity (Wildman–Crippen MR) is 229 cm³/mol. The molecule has 59 heavy (non-hydrogen) atoms. The lowest BCUT2D eigenvalue weighted by Gasteiger charge is -2.39. The Kier molecular flexibility index (Phi) is 11.8. The van der Waals surface area contributed by atoms with Crippen molar-refractivity contribution in [3.8, 4) is 11.5 Å². The maximum atomic E-state index is 13.8. The van der Waals surface area contributed by atoms with E-state index < -0.39 is 11.7 Å². The van der Waals surface area contributed by atoms with Gasteiger partial charge in [0.05, 0.1) is 35.3 Å². The first kappa shape index (κ1) is 40.6. The van der Waals surface area contributed by atoms with Crippen LogP contribution in [0.4, 0.5) is 30.2 Å². The van der Waals surface area contributed by atoms with Gasteiger partial charge in [-0.05, 0) is 109 Å². The van der Waals surface area contributed by atoms with Gasteiger partial charge in [0.25, 0.3) is 5.91 Å². The molecule has 0 spiro atoms. The third-order valence-corrected chi connectivity index (χ3v) is 12.4. The van der Waals surface area contributed by atoms with Crippen LogP contribution in [0.25, 0.3) is 16.6 Å². The summed E-state index contributed by atoms with van der Waals surface area (Å²) >= 11 is 1.19. The first-order valence-electron chi connectivity index (χ1n) is 20.2. The van der Waals surface area contributed by atoms with E-state index in [-0.39, 0.29) is 11.3 Å². The number of aromatic nitrogens is 2. The summed E-state index contributed by atoms with van der Waals surface area (Å²) in [5.41, 5.74) is 12.7. The summed E-state index contributed by atoms with van der Waals surface area (Å²) in [6, 6.07) is 20.8. The standard InChI is InChI=1S/C45H50F3N7O3S/c1-44(2)14-11-32(38(24-44)30-3-5-33(6-4-30)45(46,47)48)27-54-16-18-55(19-17-54)34-7-9-37(41(22-34)58-35-21-31-12-15-50-42(31)52-26-35)43(56)53-59-36-8-10-40(39(49)23-36)51-25-29-13-20-57-28-29/h3-10,12,15,21-23,26,29,51H,11,13-14,16-20,24-25,27-28,49H2,1-2H3,(H,50,52)(H,53,56). The molecule has 0 radical (unpaired) electrons. The van der Waals surface area contributed by atoms with E-state index >= 15 is 0 Å². The zero-order valence-corrected chi connectivity index (χ0v) is 34.1. The summed E-state index contributed by atoms with van der Waals surface area (Å²) in [4.78, 5) is 26.9. The lowest BCUT2D eigenvalue weighted by Crippen LogP contribution is -2.47. The Labute approximate surface area is 346 Å². The summed E-state index contributed by atoms with van der Waals surface area (Å²) < 4.78 is 54.9. The molecular formula is C45H50F3N7O3S. The topological polar surface area (TPSA) is 121 Å². The number of hydrogen-bond donors (Lipinski definition) is 4. The first-order valence-corrected chi connectivity index (χ1v) is 21.0. The third-order valence-electron chi connectivity index (χ3n) is 11.6. The number of aromatic amines is 1. The van der Waals surface area contributed by atoms with Crippen LogP contribution < -0.4 is 25.4 Å². The van der Waals surface area contributed by atoms with Crippen LogP contribution in [-0.2, 0) is 10.9 Å². The molecule has 3 aromatic carbocycles. The van der Waals surface area contributed by atoms with Crippen LogP contribution in [0.15, 0.2) is 95.7 Å². The largest absolute Gasteiger partial charge is 0.455 e. The number of benzene rings is 3. The van der Waals surface area contributed by atoms with Crippen LogP contribution >= 0.6 is 11.9 Å². The Morgan fingerprint density at radius 3 is 2.61 bits per heavy atom. The maximum Gasteiger partial charge on any atom is 0.416 e. The van der Waals surface area contributed by atoms with Crippen molar-refractivity contribution < 1.29 is 27.4 Å². The number of nitrogens with zero attached hydrogens (tertiary/aromatic N) is 3. The average molecular weight is 826 g/mol. The molecule has 3 aliphatic rings. The molecule has 0 saturated carbocycles. The van der Waals surface area contributed by atoms with E-state index in [2.05, 4.69) is 43.7 Å². The average Bonchev–Trinajstić information content (AvgIpc) is 3.93. The quantitative estimate of drug-likeness (QED) is 0.0720. The number of carbonyl (C=O) groups excluding carboxylic acids is 1. The smallest absolute Gasteiger partial charge is 0.416 e. The number of amides is 1. The van der Waals surface area contributed by atoms with Crippen LogP contribution in [0, 0.1) is 11.3 Å². The second-order valence-corrected chi connectivity index (χ2v) is 17.4. The van der Waals surface area contributed by atoms with Crippen LogP contribution in [0.1, 0.15) is 61.0 Å². The number of piperazine rings is 1. The van der Waals surface area contributed by atoms with Gasteiger partial charge in [0.15, 0.2) is 0 Å². The molecule has 2 saturated heterocycles. The lowest BCUT2D eigenvalue weighted by molar-refractivity contribution is -0.137. The molecule has 0 bridgehead atoms. The summed E-state index contributed by atoms with van der Waals surface area (Å²) in [7, 11) is 0. The van der Waals surface area contributed by atoms with Gasteiger partial charge in [0.2, 0.25) is 0 Å². The Morgan fingerprint density at radius 1 is 1.05 bits per heavy atom. The fraction of sp³-hybridized carbons (Fsp3) is 0.378. The number of H-pyrrole nitrogens is 1. The molecule has 4 heterocycles. The highest BCUT2D eigenvalue weighted by molar-refractivity contribution is 7.98. The van der Waals surface area contributed by atoms with Crippen molar-refractivity contribution in [1.82, 2.24) is 19.6 Å². The number of carbonyl (C=O) groups is 1. The molecule has 14 heteroatoms. The number of nitrogen functional groups attached to an aromatic ring is 1. The number of nitrogens with two attached hydrogens (primary N) is 1. The highest BCUT2D eigenvalue weighted by Crippen LogP contribution is 2.44. The van der Waals surface area contributed by atoms with Gasteiger partial charge in [0.1, 0.15) is 17.1 Å². The molecule has 2 fully saturated rings. The van der Waals surface area contributed by atoms with Gasteiger partial charge in [-0.1, -0.05) is 31.6 Å².